The Balaban J connectivity index is 2.10. The maximum Gasteiger partial charge on any atom is 0.226 e. The van der Waals surface area contributed by atoms with Crippen LogP contribution in [-0.4, -0.2) is 4.98 Å². The number of nitrogens with zero attached hydrogens (tertiary/aromatic N) is 1. The van der Waals surface area contributed by atoms with Crippen LogP contribution in [0.5, 0.6) is 0 Å². The number of alkyl halides is 1. The first-order valence-corrected chi connectivity index (χ1v) is 6.79. The Labute approximate surface area is 118 Å². The smallest absolute Gasteiger partial charge is 0.226 e. The predicted molar refractivity (Wildman–Crippen MR) is 76.7 cm³/mol. The number of oxazole rings is 1. The second-order valence-corrected chi connectivity index (χ2v) is 5.17. The van der Waals surface area contributed by atoms with E-state index in [9.17, 15) is 0 Å². The predicted octanol–water partition coefficient (Wildman–Crippen LogP) is 5.00. The molecule has 0 fully saturated rings. The molecule has 2 aromatic carbocycles. The number of hydrogen-bond donors (Lipinski definition) is 0. The zero-order chi connectivity index (χ0) is 12.5. The number of halogens is 2. The van der Waals surface area contributed by atoms with Crippen LogP contribution in [0.2, 0.25) is 0 Å². The van der Waals surface area contributed by atoms with E-state index < -0.39 is 0 Å². The van der Waals surface area contributed by atoms with Crippen LogP contribution in [0, 0.1) is 0 Å². The van der Waals surface area contributed by atoms with E-state index in [0.717, 1.165) is 21.1 Å². The Morgan fingerprint density at radius 1 is 1.11 bits per heavy atom. The lowest BCUT2D eigenvalue weighted by atomic mass is 10.1. The van der Waals surface area contributed by atoms with Gasteiger partial charge in [0.25, 0.3) is 0 Å². The first kappa shape index (κ1) is 11.8. The van der Waals surface area contributed by atoms with E-state index in [4.69, 9.17) is 16.0 Å². The topological polar surface area (TPSA) is 26.0 Å². The van der Waals surface area contributed by atoms with Gasteiger partial charge >= 0.3 is 0 Å². The Bertz CT molecular complexity index is 708. The molecule has 0 bridgehead atoms. The van der Waals surface area contributed by atoms with Gasteiger partial charge in [0.2, 0.25) is 5.89 Å². The summed E-state index contributed by atoms with van der Waals surface area (Å²) in [7, 11) is 0. The van der Waals surface area contributed by atoms with Crippen LogP contribution in [0.25, 0.3) is 22.2 Å². The van der Waals surface area contributed by atoms with Gasteiger partial charge in [-0.2, -0.15) is 0 Å². The quantitative estimate of drug-likeness (QED) is 0.621. The van der Waals surface area contributed by atoms with Crippen LogP contribution in [0.3, 0.4) is 0 Å². The lowest BCUT2D eigenvalue weighted by Gasteiger charge is -2.01. The molecule has 0 aliphatic heterocycles. The van der Waals surface area contributed by atoms with Gasteiger partial charge in [0.1, 0.15) is 6.26 Å². The average molecular weight is 323 g/mol. The normalized spacial score (nSPS) is 11.0. The molecule has 0 aliphatic carbocycles. The Kier molecular flexibility index (Phi) is 3.10. The van der Waals surface area contributed by atoms with Gasteiger partial charge in [0.05, 0.1) is 11.6 Å². The van der Waals surface area contributed by atoms with E-state index in [1.807, 2.05) is 12.1 Å². The van der Waals surface area contributed by atoms with Crippen molar-refractivity contribution in [1.29, 1.82) is 0 Å². The van der Waals surface area contributed by atoms with Crippen molar-refractivity contribution < 1.29 is 4.42 Å². The molecule has 0 amide bonds. The van der Waals surface area contributed by atoms with Crippen LogP contribution < -0.4 is 0 Å². The van der Waals surface area contributed by atoms with Gasteiger partial charge in [-0.15, -0.1) is 11.6 Å². The molecule has 0 N–H and O–H groups in total. The molecular formula is C14H9BrClNO. The molecule has 0 aliphatic rings. The first-order chi connectivity index (χ1) is 8.76. The van der Waals surface area contributed by atoms with Gasteiger partial charge in [-0.1, -0.05) is 28.1 Å². The summed E-state index contributed by atoms with van der Waals surface area (Å²) in [6, 6.07) is 12.3. The molecular weight excluding hydrogens is 314 g/mol. The lowest BCUT2D eigenvalue weighted by molar-refractivity contribution is 0.573. The summed E-state index contributed by atoms with van der Waals surface area (Å²) >= 11 is 9.18. The minimum atomic E-state index is 0.365. The third-order valence-corrected chi connectivity index (χ3v) is 3.50. The monoisotopic (exact) mass is 321 g/mol. The highest BCUT2D eigenvalue weighted by Gasteiger charge is 2.06. The second kappa shape index (κ2) is 4.75. The Morgan fingerprint density at radius 3 is 2.67 bits per heavy atom. The van der Waals surface area contributed by atoms with Crippen LogP contribution in [0.4, 0.5) is 0 Å². The van der Waals surface area contributed by atoms with E-state index >= 15 is 0 Å². The fourth-order valence-corrected chi connectivity index (χ4v) is 2.35. The van der Waals surface area contributed by atoms with Crippen molar-refractivity contribution >= 4 is 38.3 Å². The molecule has 18 heavy (non-hydrogen) atoms. The van der Waals surface area contributed by atoms with Crippen LogP contribution in [0.15, 0.2) is 51.6 Å². The van der Waals surface area contributed by atoms with Crippen molar-refractivity contribution in [2.45, 2.75) is 5.88 Å². The Morgan fingerprint density at radius 2 is 1.89 bits per heavy atom. The summed E-state index contributed by atoms with van der Waals surface area (Å²) in [6.07, 6.45) is 1.59. The standard InChI is InChI=1S/C14H9BrClNO/c15-12-4-3-9-5-11(2-1-10(9)6-12)14-17-13(7-16)8-18-14/h1-6,8H,7H2. The van der Waals surface area contributed by atoms with Gasteiger partial charge in [0.15, 0.2) is 0 Å². The molecule has 1 heterocycles. The van der Waals surface area contributed by atoms with E-state index in [1.165, 1.54) is 5.39 Å². The molecule has 90 valence electrons. The molecule has 0 atom stereocenters. The van der Waals surface area contributed by atoms with Crippen molar-refractivity contribution in [3.8, 4) is 11.5 Å². The molecule has 2 nitrogen and oxygen atoms in total. The SMILES string of the molecule is ClCc1coc(-c2ccc3cc(Br)ccc3c2)n1. The number of fused-ring (bicyclic) bond motifs is 1. The molecule has 0 radical (unpaired) electrons. The van der Waals surface area contributed by atoms with Crippen molar-refractivity contribution in [2.75, 3.05) is 0 Å². The molecule has 0 saturated carbocycles. The van der Waals surface area contributed by atoms with Crippen LogP contribution >= 0.6 is 27.5 Å². The van der Waals surface area contributed by atoms with Crippen LogP contribution in [0.1, 0.15) is 5.69 Å². The zero-order valence-electron chi connectivity index (χ0n) is 9.36. The van der Waals surface area contributed by atoms with Gasteiger partial charge in [-0.05, 0) is 35.0 Å². The second-order valence-electron chi connectivity index (χ2n) is 3.98. The van der Waals surface area contributed by atoms with Crippen molar-refractivity contribution in [1.82, 2.24) is 4.98 Å². The van der Waals surface area contributed by atoms with Gasteiger partial charge in [0, 0.05) is 10.0 Å². The number of hydrogen-bond acceptors (Lipinski definition) is 2. The molecule has 0 saturated heterocycles. The minimum absolute atomic E-state index is 0.365. The molecule has 3 rings (SSSR count). The zero-order valence-corrected chi connectivity index (χ0v) is 11.7. The number of rotatable bonds is 2. The number of aromatic nitrogens is 1. The maximum absolute atomic E-state index is 5.71. The summed E-state index contributed by atoms with van der Waals surface area (Å²) in [6.45, 7) is 0. The highest BCUT2D eigenvalue weighted by atomic mass is 79.9. The van der Waals surface area contributed by atoms with Gasteiger partial charge in [-0.25, -0.2) is 4.98 Å². The molecule has 0 spiro atoms. The summed E-state index contributed by atoms with van der Waals surface area (Å²) in [5.41, 5.74) is 1.71. The van der Waals surface area contributed by atoms with Gasteiger partial charge in [-0.3, -0.25) is 0 Å². The van der Waals surface area contributed by atoms with E-state index in [2.05, 4.69) is 45.2 Å². The fraction of sp³-hybridized carbons (Fsp3) is 0.0714. The minimum Gasteiger partial charge on any atom is -0.444 e. The van der Waals surface area contributed by atoms with Gasteiger partial charge < -0.3 is 4.42 Å². The highest BCUT2D eigenvalue weighted by molar-refractivity contribution is 9.10. The summed E-state index contributed by atoms with van der Waals surface area (Å²) in [5.74, 6) is 0.972. The summed E-state index contributed by atoms with van der Waals surface area (Å²) in [4.78, 5) is 4.32. The Hall–Kier alpha value is -1.32. The summed E-state index contributed by atoms with van der Waals surface area (Å²) in [5, 5.41) is 2.33. The number of benzene rings is 2. The molecule has 1 aromatic heterocycles. The molecule has 4 heteroatoms. The van der Waals surface area contributed by atoms with Crippen LogP contribution in [-0.2, 0) is 5.88 Å². The molecule has 3 aromatic rings. The fourth-order valence-electron chi connectivity index (χ4n) is 1.85. The van der Waals surface area contributed by atoms with E-state index in [1.54, 1.807) is 6.26 Å². The van der Waals surface area contributed by atoms with E-state index in [-0.39, 0.29) is 0 Å². The maximum atomic E-state index is 5.71. The molecule has 0 unspecified atom stereocenters. The third kappa shape index (κ3) is 2.16. The summed E-state index contributed by atoms with van der Waals surface area (Å²) < 4.78 is 6.48. The van der Waals surface area contributed by atoms with Crippen molar-refractivity contribution in [2.24, 2.45) is 0 Å². The largest absolute Gasteiger partial charge is 0.444 e. The average Bonchev–Trinajstić information content (AvgIpc) is 2.87. The first-order valence-electron chi connectivity index (χ1n) is 5.46. The lowest BCUT2D eigenvalue weighted by Crippen LogP contribution is -1.81. The van der Waals surface area contributed by atoms with Crippen molar-refractivity contribution in [3.63, 3.8) is 0 Å². The van der Waals surface area contributed by atoms with Crippen molar-refractivity contribution in [3.05, 3.63) is 52.8 Å². The highest BCUT2D eigenvalue weighted by Crippen LogP contribution is 2.26. The van der Waals surface area contributed by atoms with E-state index in [0.29, 0.717) is 11.8 Å². The third-order valence-electron chi connectivity index (χ3n) is 2.74.